The van der Waals surface area contributed by atoms with Crippen molar-refractivity contribution >= 4 is 12.4 Å². The summed E-state index contributed by atoms with van der Waals surface area (Å²) in [6.07, 6.45) is 22.2. The Bertz CT molecular complexity index is 275. The van der Waals surface area contributed by atoms with Crippen LogP contribution in [0.3, 0.4) is 0 Å². The van der Waals surface area contributed by atoms with Gasteiger partial charge in [-0.1, -0.05) is 97.8 Å². The molecule has 0 heterocycles. The first-order valence-corrected chi connectivity index (χ1v) is 11.0. The summed E-state index contributed by atoms with van der Waals surface area (Å²) in [5.41, 5.74) is 7.33. The highest BCUT2D eigenvalue weighted by molar-refractivity contribution is 5.85. The van der Waals surface area contributed by atoms with Gasteiger partial charge in [0.25, 0.3) is 0 Å². The van der Waals surface area contributed by atoms with Crippen LogP contribution < -0.4 is 5.73 Å². The Kier molecular flexibility index (Phi) is 14.6. The summed E-state index contributed by atoms with van der Waals surface area (Å²) in [7, 11) is 0. The van der Waals surface area contributed by atoms with Crippen LogP contribution in [0, 0.1) is 11.3 Å². The van der Waals surface area contributed by atoms with Crippen LogP contribution in [-0.4, -0.2) is 6.04 Å². The molecular weight excluding hydrogens is 314 g/mol. The van der Waals surface area contributed by atoms with E-state index < -0.39 is 0 Å². The van der Waals surface area contributed by atoms with E-state index in [0.717, 1.165) is 5.92 Å². The van der Waals surface area contributed by atoms with Crippen molar-refractivity contribution in [1.29, 1.82) is 0 Å². The molecule has 1 nitrogen and oxygen atoms in total. The molecule has 3 unspecified atom stereocenters. The monoisotopic (exact) mass is 359 g/mol. The second-order valence-corrected chi connectivity index (χ2v) is 8.23. The standard InChI is InChI=1S/C22H45N.ClH/c1-4-7-8-9-10-11-12-17-21(23)22(18-6-3)19-14-13-16-20(22)15-5-2;/h20-21H,4-19,23H2,1-3H3;1H. The molecule has 146 valence electrons. The molecule has 0 radical (unpaired) electrons. The Labute approximate surface area is 159 Å². The maximum atomic E-state index is 6.85. The second kappa shape index (κ2) is 14.4. The van der Waals surface area contributed by atoms with Crippen LogP contribution in [0.5, 0.6) is 0 Å². The van der Waals surface area contributed by atoms with Crippen molar-refractivity contribution in [2.45, 2.75) is 130 Å². The maximum absolute atomic E-state index is 6.85. The maximum Gasteiger partial charge on any atom is 0.00982 e. The average molecular weight is 360 g/mol. The van der Waals surface area contributed by atoms with Crippen molar-refractivity contribution < 1.29 is 0 Å². The predicted molar refractivity (Wildman–Crippen MR) is 112 cm³/mol. The molecule has 24 heavy (non-hydrogen) atoms. The Morgan fingerprint density at radius 1 is 0.875 bits per heavy atom. The van der Waals surface area contributed by atoms with Gasteiger partial charge >= 0.3 is 0 Å². The number of nitrogens with two attached hydrogens (primary N) is 1. The van der Waals surface area contributed by atoms with E-state index in [2.05, 4.69) is 20.8 Å². The Balaban J connectivity index is 0.00000529. The van der Waals surface area contributed by atoms with Crippen molar-refractivity contribution in [3.05, 3.63) is 0 Å². The van der Waals surface area contributed by atoms with E-state index in [1.807, 2.05) is 0 Å². The summed E-state index contributed by atoms with van der Waals surface area (Å²) >= 11 is 0. The highest BCUT2D eigenvalue weighted by Gasteiger charge is 2.43. The topological polar surface area (TPSA) is 26.0 Å². The second-order valence-electron chi connectivity index (χ2n) is 8.23. The van der Waals surface area contributed by atoms with Gasteiger partial charge in [-0.25, -0.2) is 0 Å². The number of rotatable bonds is 13. The molecule has 0 aliphatic heterocycles. The van der Waals surface area contributed by atoms with Gasteiger partial charge in [0.2, 0.25) is 0 Å². The quantitative estimate of drug-likeness (QED) is 0.335. The van der Waals surface area contributed by atoms with Crippen LogP contribution in [0.15, 0.2) is 0 Å². The highest BCUT2D eigenvalue weighted by Crippen LogP contribution is 2.49. The van der Waals surface area contributed by atoms with Crippen molar-refractivity contribution in [2.75, 3.05) is 0 Å². The smallest absolute Gasteiger partial charge is 0.00982 e. The fraction of sp³-hybridized carbons (Fsp3) is 1.00. The molecule has 0 aromatic heterocycles. The van der Waals surface area contributed by atoms with Gasteiger partial charge in [-0.05, 0) is 37.0 Å². The molecule has 2 heteroatoms. The highest BCUT2D eigenvalue weighted by atomic mass is 35.5. The minimum absolute atomic E-state index is 0. The van der Waals surface area contributed by atoms with Crippen molar-refractivity contribution in [3.8, 4) is 0 Å². The minimum Gasteiger partial charge on any atom is -0.327 e. The molecule has 1 fully saturated rings. The summed E-state index contributed by atoms with van der Waals surface area (Å²) in [5, 5.41) is 0. The van der Waals surface area contributed by atoms with Gasteiger partial charge in [0.15, 0.2) is 0 Å². The van der Waals surface area contributed by atoms with E-state index in [9.17, 15) is 0 Å². The molecule has 1 saturated carbocycles. The van der Waals surface area contributed by atoms with Crippen molar-refractivity contribution in [1.82, 2.24) is 0 Å². The van der Waals surface area contributed by atoms with Gasteiger partial charge in [-0.15, -0.1) is 12.4 Å². The molecule has 1 aliphatic rings. The fourth-order valence-corrected chi connectivity index (χ4v) is 5.19. The number of hydrogen-bond donors (Lipinski definition) is 1. The zero-order valence-electron chi connectivity index (χ0n) is 17.0. The first-order valence-electron chi connectivity index (χ1n) is 11.0. The number of hydrogen-bond acceptors (Lipinski definition) is 1. The Morgan fingerprint density at radius 2 is 1.54 bits per heavy atom. The van der Waals surface area contributed by atoms with Gasteiger partial charge < -0.3 is 5.73 Å². The number of halogens is 1. The molecule has 1 aliphatic carbocycles. The van der Waals surface area contributed by atoms with Crippen LogP contribution in [0.1, 0.15) is 124 Å². The summed E-state index contributed by atoms with van der Waals surface area (Å²) in [5.74, 6) is 0.903. The molecule has 0 aromatic rings. The molecule has 0 bridgehead atoms. The lowest BCUT2D eigenvalue weighted by molar-refractivity contribution is 0.0399. The van der Waals surface area contributed by atoms with Gasteiger partial charge in [0.1, 0.15) is 0 Å². The molecule has 0 aromatic carbocycles. The summed E-state index contributed by atoms with van der Waals surface area (Å²) in [4.78, 5) is 0. The van der Waals surface area contributed by atoms with Crippen molar-refractivity contribution in [2.24, 2.45) is 17.1 Å². The summed E-state index contributed by atoms with van der Waals surface area (Å²) in [6, 6.07) is 0.454. The molecule has 0 amide bonds. The van der Waals surface area contributed by atoms with Gasteiger partial charge in [0.05, 0.1) is 0 Å². The zero-order valence-corrected chi connectivity index (χ0v) is 17.8. The van der Waals surface area contributed by atoms with Gasteiger partial charge in [-0.2, -0.15) is 0 Å². The third-order valence-electron chi connectivity index (χ3n) is 6.47. The van der Waals surface area contributed by atoms with Crippen LogP contribution in [0.4, 0.5) is 0 Å². The van der Waals surface area contributed by atoms with E-state index in [0.29, 0.717) is 11.5 Å². The van der Waals surface area contributed by atoms with Crippen LogP contribution in [0.25, 0.3) is 0 Å². The van der Waals surface area contributed by atoms with Crippen LogP contribution >= 0.6 is 12.4 Å². The van der Waals surface area contributed by atoms with Gasteiger partial charge in [-0.3, -0.25) is 0 Å². The van der Waals surface area contributed by atoms with E-state index in [1.54, 1.807) is 0 Å². The minimum atomic E-state index is 0. The average Bonchev–Trinajstić information content (AvgIpc) is 2.56. The van der Waals surface area contributed by atoms with Crippen LogP contribution in [-0.2, 0) is 0 Å². The lowest BCUT2D eigenvalue weighted by atomic mass is 9.58. The lowest BCUT2D eigenvalue weighted by Gasteiger charge is -2.49. The molecule has 1 rings (SSSR count). The largest absolute Gasteiger partial charge is 0.327 e. The number of unbranched alkanes of at least 4 members (excludes halogenated alkanes) is 6. The predicted octanol–water partition coefficient (Wildman–Crippen LogP) is 7.65. The molecule has 2 N–H and O–H groups in total. The molecule has 0 saturated heterocycles. The third-order valence-corrected chi connectivity index (χ3v) is 6.47. The molecule has 3 atom stereocenters. The molecular formula is C22H46ClN. The third kappa shape index (κ3) is 7.65. The molecule has 0 spiro atoms. The normalized spacial score (nSPS) is 25.2. The van der Waals surface area contributed by atoms with Gasteiger partial charge in [0, 0.05) is 6.04 Å². The SMILES string of the molecule is CCCCCCCCCC(N)C1(CCC)CCCCC1CCC.Cl. The summed E-state index contributed by atoms with van der Waals surface area (Å²) in [6.45, 7) is 7.01. The lowest BCUT2D eigenvalue weighted by Crippen LogP contribution is -2.48. The van der Waals surface area contributed by atoms with E-state index in [1.165, 1.54) is 103 Å². The Morgan fingerprint density at radius 3 is 2.17 bits per heavy atom. The first-order chi connectivity index (χ1) is 11.2. The fourth-order valence-electron chi connectivity index (χ4n) is 5.19. The zero-order chi connectivity index (χ0) is 17.0. The first kappa shape index (κ1) is 24.2. The van der Waals surface area contributed by atoms with E-state index in [-0.39, 0.29) is 12.4 Å². The van der Waals surface area contributed by atoms with Crippen molar-refractivity contribution in [3.63, 3.8) is 0 Å². The van der Waals surface area contributed by atoms with E-state index >= 15 is 0 Å². The van der Waals surface area contributed by atoms with E-state index in [4.69, 9.17) is 5.73 Å². The Hall–Kier alpha value is 0.250. The van der Waals surface area contributed by atoms with Crippen LogP contribution in [0.2, 0.25) is 0 Å². The summed E-state index contributed by atoms with van der Waals surface area (Å²) < 4.78 is 0.